The summed E-state index contributed by atoms with van der Waals surface area (Å²) in [5.74, 6) is 7.66. The van der Waals surface area contributed by atoms with Gasteiger partial charge in [-0.15, -0.1) is 0 Å². The molecule has 0 aliphatic heterocycles. The van der Waals surface area contributed by atoms with E-state index in [1.165, 1.54) is 6.42 Å². The second-order valence-electron chi connectivity index (χ2n) is 4.21. The molecule has 0 bridgehead atoms. The van der Waals surface area contributed by atoms with Gasteiger partial charge in [0.15, 0.2) is 0 Å². The molecule has 1 heterocycles. The molecule has 4 nitrogen and oxygen atoms in total. The predicted octanol–water partition coefficient (Wildman–Crippen LogP) is 2.77. The number of hydrogen-bond acceptors (Lipinski definition) is 4. The first-order valence-corrected chi connectivity index (χ1v) is 7.41. The molecule has 17 heavy (non-hydrogen) atoms. The summed E-state index contributed by atoms with van der Waals surface area (Å²) >= 11 is 8.06. The van der Waals surface area contributed by atoms with E-state index >= 15 is 0 Å². The van der Waals surface area contributed by atoms with Gasteiger partial charge in [-0.3, -0.25) is 16.0 Å². The van der Waals surface area contributed by atoms with Crippen molar-refractivity contribution >= 4 is 23.4 Å². The molecule has 98 valence electrons. The molecule has 0 saturated heterocycles. The monoisotopic (exact) mass is 276 g/mol. The van der Waals surface area contributed by atoms with E-state index < -0.39 is 0 Å². The van der Waals surface area contributed by atoms with Crippen LogP contribution in [0.15, 0.2) is 6.20 Å². The van der Waals surface area contributed by atoms with Crippen molar-refractivity contribution in [3.05, 3.63) is 16.9 Å². The Morgan fingerprint density at radius 3 is 2.82 bits per heavy atom. The van der Waals surface area contributed by atoms with Gasteiger partial charge in [-0.2, -0.15) is 16.9 Å². The lowest BCUT2D eigenvalue weighted by Crippen LogP contribution is -2.32. The Kier molecular flexibility index (Phi) is 6.33. The molecule has 0 amide bonds. The Balaban J connectivity index is 2.82. The van der Waals surface area contributed by atoms with Crippen molar-refractivity contribution in [3.8, 4) is 0 Å². The van der Waals surface area contributed by atoms with Gasteiger partial charge in [0.25, 0.3) is 0 Å². The van der Waals surface area contributed by atoms with Crippen LogP contribution in [0.1, 0.15) is 45.0 Å². The number of nitrogens with zero attached hydrogens (tertiary/aromatic N) is 2. The summed E-state index contributed by atoms with van der Waals surface area (Å²) in [6.07, 6.45) is 2.85. The molecule has 3 N–H and O–H groups in total. The highest BCUT2D eigenvalue weighted by Gasteiger charge is 2.20. The molecule has 0 aliphatic carbocycles. The Morgan fingerprint density at radius 1 is 1.59 bits per heavy atom. The van der Waals surface area contributed by atoms with E-state index in [4.69, 9.17) is 17.4 Å². The topological polar surface area (TPSA) is 55.9 Å². The first kappa shape index (κ1) is 14.8. The summed E-state index contributed by atoms with van der Waals surface area (Å²) in [7, 11) is 0. The number of halogens is 1. The zero-order chi connectivity index (χ0) is 12.8. The predicted molar refractivity (Wildman–Crippen MR) is 75.3 cm³/mol. The summed E-state index contributed by atoms with van der Waals surface area (Å²) in [4.78, 5) is 0. The van der Waals surface area contributed by atoms with Crippen molar-refractivity contribution in [2.45, 2.75) is 39.3 Å². The van der Waals surface area contributed by atoms with Crippen molar-refractivity contribution in [1.29, 1.82) is 0 Å². The molecule has 1 aromatic heterocycles. The van der Waals surface area contributed by atoms with E-state index in [0.717, 1.165) is 17.2 Å². The van der Waals surface area contributed by atoms with Crippen LogP contribution < -0.4 is 11.3 Å². The highest BCUT2D eigenvalue weighted by Crippen LogP contribution is 2.27. The maximum absolute atomic E-state index is 6.19. The first-order chi connectivity index (χ1) is 8.11. The van der Waals surface area contributed by atoms with Crippen LogP contribution in [0.25, 0.3) is 0 Å². The second-order valence-corrected chi connectivity index (χ2v) is 5.77. The Morgan fingerprint density at radius 2 is 2.29 bits per heavy atom. The van der Waals surface area contributed by atoms with Crippen LogP contribution in [-0.2, 0) is 0 Å². The molecule has 1 atom stereocenters. The molecule has 0 radical (unpaired) electrons. The summed E-state index contributed by atoms with van der Waals surface area (Å²) in [5, 5.41) is 4.97. The molecule has 1 rings (SSSR count). The van der Waals surface area contributed by atoms with E-state index in [2.05, 4.69) is 31.3 Å². The van der Waals surface area contributed by atoms with Gasteiger partial charge in [-0.25, -0.2) is 0 Å². The Hall–Kier alpha value is -0.230. The summed E-state index contributed by atoms with van der Waals surface area (Å²) < 4.78 is 1.93. The maximum atomic E-state index is 6.19. The lowest BCUT2D eigenvalue weighted by Gasteiger charge is -2.19. The van der Waals surface area contributed by atoms with Crippen LogP contribution in [0.3, 0.4) is 0 Å². The van der Waals surface area contributed by atoms with Crippen molar-refractivity contribution in [2.24, 2.45) is 5.84 Å². The van der Waals surface area contributed by atoms with E-state index in [0.29, 0.717) is 5.02 Å². The number of aromatic nitrogens is 2. The van der Waals surface area contributed by atoms with Crippen LogP contribution in [-0.4, -0.2) is 21.3 Å². The SMILES string of the molecule is CCCSCC(NN)c1c(Cl)cnn1C(C)C. The number of rotatable bonds is 7. The molecule has 1 aromatic rings. The van der Waals surface area contributed by atoms with Gasteiger partial charge in [0.05, 0.1) is 23.0 Å². The van der Waals surface area contributed by atoms with Gasteiger partial charge in [0.1, 0.15) is 0 Å². The number of hydrazine groups is 1. The molecule has 0 saturated carbocycles. The zero-order valence-electron chi connectivity index (χ0n) is 10.6. The maximum Gasteiger partial charge on any atom is 0.0835 e. The van der Waals surface area contributed by atoms with Gasteiger partial charge in [0.2, 0.25) is 0 Å². The molecule has 1 unspecified atom stereocenters. The quantitative estimate of drug-likeness (QED) is 0.457. The summed E-state index contributed by atoms with van der Waals surface area (Å²) in [5.41, 5.74) is 3.81. The van der Waals surface area contributed by atoms with Crippen LogP contribution in [0, 0.1) is 0 Å². The van der Waals surface area contributed by atoms with E-state index in [-0.39, 0.29) is 12.1 Å². The smallest absolute Gasteiger partial charge is 0.0835 e. The fourth-order valence-electron chi connectivity index (χ4n) is 1.64. The van der Waals surface area contributed by atoms with Crippen molar-refractivity contribution in [3.63, 3.8) is 0 Å². The third-order valence-electron chi connectivity index (χ3n) is 2.44. The molecular weight excluding hydrogens is 256 g/mol. The molecular formula is C11H21ClN4S. The van der Waals surface area contributed by atoms with Crippen molar-refractivity contribution in [1.82, 2.24) is 15.2 Å². The fourth-order valence-corrected chi connectivity index (χ4v) is 2.85. The third kappa shape index (κ3) is 3.88. The molecule has 0 aromatic carbocycles. The summed E-state index contributed by atoms with van der Waals surface area (Å²) in [6.45, 7) is 6.34. The van der Waals surface area contributed by atoms with E-state index in [9.17, 15) is 0 Å². The van der Waals surface area contributed by atoms with Gasteiger partial charge in [-0.05, 0) is 26.0 Å². The number of hydrogen-bond donors (Lipinski definition) is 2. The second kappa shape index (κ2) is 7.26. The largest absolute Gasteiger partial charge is 0.271 e. The lowest BCUT2D eigenvalue weighted by molar-refractivity contribution is 0.468. The Labute approximate surface area is 112 Å². The van der Waals surface area contributed by atoms with Gasteiger partial charge in [-0.1, -0.05) is 18.5 Å². The number of nitrogens with two attached hydrogens (primary N) is 1. The first-order valence-electron chi connectivity index (χ1n) is 5.88. The van der Waals surface area contributed by atoms with Crippen LogP contribution in [0.5, 0.6) is 0 Å². The van der Waals surface area contributed by atoms with Crippen molar-refractivity contribution in [2.75, 3.05) is 11.5 Å². The van der Waals surface area contributed by atoms with Crippen LogP contribution in [0.4, 0.5) is 0 Å². The molecule has 0 aliphatic rings. The zero-order valence-corrected chi connectivity index (χ0v) is 12.2. The average Bonchev–Trinajstić information content (AvgIpc) is 2.67. The fraction of sp³-hybridized carbons (Fsp3) is 0.727. The van der Waals surface area contributed by atoms with Gasteiger partial charge >= 0.3 is 0 Å². The normalized spacial score (nSPS) is 13.3. The third-order valence-corrected chi connectivity index (χ3v) is 4.00. The average molecular weight is 277 g/mol. The molecule has 0 spiro atoms. The van der Waals surface area contributed by atoms with Gasteiger partial charge in [0, 0.05) is 11.8 Å². The highest BCUT2D eigenvalue weighted by molar-refractivity contribution is 7.99. The number of nitrogens with one attached hydrogen (secondary N) is 1. The Bertz CT molecular complexity index is 340. The van der Waals surface area contributed by atoms with Crippen molar-refractivity contribution < 1.29 is 0 Å². The minimum Gasteiger partial charge on any atom is -0.271 e. The van der Waals surface area contributed by atoms with E-state index in [1.807, 2.05) is 16.4 Å². The lowest BCUT2D eigenvalue weighted by atomic mass is 10.2. The number of thioether (sulfide) groups is 1. The standard InChI is InChI=1S/C11H21ClN4S/c1-4-5-17-7-10(15-13)11-9(12)6-14-16(11)8(2)3/h6,8,10,15H,4-5,7,13H2,1-3H3. The summed E-state index contributed by atoms with van der Waals surface area (Å²) in [6, 6.07) is 0.327. The van der Waals surface area contributed by atoms with Crippen LogP contribution >= 0.6 is 23.4 Å². The highest BCUT2D eigenvalue weighted by atomic mass is 35.5. The van der Waals surface area contributed by atoms with Crippen LogP contribution in [0.2, 0.25) is 5.02 Å². The minimum atomic E-state index is 0.0453. The molecule has 0 fully saturated rings. The molecule has 6 heteroatoms. The van der Waals surface area contributed by atoms with Gasteiger partial charge < -0.3 is 0 Å². The van der Waals surface area contributed by atoms with E-state index in [1.54, 1.807) is 6.20 Å². The minimum absolute atomic E-state index is 0.0453.